The Kier molecular flexibility index (Phi) is 8.03. The highest BCUT2D eigenvalue weighted by molar-refractivity contribution is 5.99. The van der Waals surface area contributed by atoms with Crippen LogP contribution in [0.2, 0.25) is 0 Å². The number of likely N-dealkylation sites (N-methyl/N-ethyl adjacent to an activating group) is 1. The van der Waals surface area contributed by atoms with Gasteiger partial charge in [-0.25, -0.2) is 0 Å². The van der Waals surface area contributed by atoms with Gasteiger partial charge in [-0.15, -0.1) is 0 Å². The Balaban J connectivity index is 1.62. The number of benzene rings is 1. The zero-order valence-corrected chi connectivity index (χ0v) is 21.1. The molecule has 0 bridgehead atoms. The van der Waals surface area contributed by atoms with E-state index in [2.05, 4.69) is 29.0 Å². The van der Waals surface area contributed by atoms with Crippen LogP contribution in [-0.2, 0) is 16.1 Å². The molecule has 0 radical (unpaired) electrons. The van der Waals surface area contributed by atoms with E-state index < -0.39 is 0 Å². The summed E-state index contributed by atoms with van der Waals surface area (Å²) in [7, 11) is 3.49. The van der Waals surface area contributed by atoms with Crippen molar-refractivity contribution in [1.29, 1.82) is 0 Å². The molecule has 188 valence electrons. The fourth-order valence-electron chi connectivity index (χ4n) is 4.46. The molecule has 0 spiro atoms. The van der Waals surface area contributed by atoms with Crippen LogP contribution < -0.4 is 10.1 Å². The molecule has 4 rings (SSSR count). The van der Waals surface area contributed by atoms with Gasteiger partial charge in [0, 0.05) is 69.9 Å². The average Bonchev–Trinajstić information content (AvgIpc) is 3.71. The van der Waals surface area contributed by atoms with E-state index in [0.717, 1.165) is 25.9 Å². The Labute approximate surface area is 207 Å². The predicted molar refractivity (Wildman–Crippen MR) is 134 cm³/mol. The number of methoxy groups -OCH3 is 1. The number of hydrogen-bond acceptors (Lipinski definition) is 6. The highest BCUT2D eigenvalue weighted by atomic mass is 16.5. The van der Waals surface area contributed by atoms with E-state index in [9.17, 15) is 9.59 Å². The van der Waals surface area contributed by atoms with Crippen molar-refractivity contribution >= 4 is 17.5 Å². The number of fused-ring (bicyclic) bond motifs is 1. The van der Waals surface area contributed by atoms with Crippen molar-refractivity contribution in [3.63, 3.8) is 0 Å². The van der Waals surface area contributed by atoms with E-state index in [-0.39, 0.29) is 35.8 Å². The number of pyridine rings is 1. The fraction of sp³-hybridized carbons (Fsp3) is 0.519. The number of ether oxygens (including phenoxy) is 2. The molecule has 2 aromatic rings. The Hall–Kier alpha value is -2.97. The zero-order valence-electron chi connectivity index (χ0n) is 21.1. The van der Waals surface area contributed by atoms with Crippen LogP contribution in [0.3, 0.4) is 0 Å². The fourth-order valence-corrected chi connectivity index (χ4v) is 4.46. The first-order valence-electron chi connectivity index (χ1n) is 12.3. The minimum absolute atomic E-state index is 0.0235. The quantitative estimate of drug-likeness (QED) is 0.706. The van der Waals surface area contributed by atoms with Gasteiger partial charge in [-0.3, -0.25) is 19.5 Å². The van der Waals surface area contributed by atoms with Gasteiger partial charge in [-0.1, -0.05) is 6.92 Å². The van der Waals surface area contributed by atoms with Crippen molar-refractivity contribution in [3.05, 3.63) is 53.9 Å². The standard InChI is InChI=1S/C27H36N4O4/c1-18-14-31(15-20-9-11-28-12-10-20)19(2)17-35-24-13-22(29-26(32)21-5-6-21)7-8-23(24)27(33)30(3)16-25(18)34-4/h7-13,18-19,21,25H,5-6,14-17H2,1-4H3,(H,29,32)/t18-,19+,25+/m0/s1. The molecular formula is C27H36N4O4. The van der Waals surface area contributed by atoms with Crippen molar-refractivity contribution < 1.29 is 19.1 Å². The molecule has 8 nitrogen and oxygen atoms in total. The minimum atomic E-state index is -0.129. The topological polar surface area (TPSA) is 84.0 Å². The third-order valence-corrected chi connectivity index (χ3v) is 6.93. The first-order valence-corrected chi connectivity index (χ1v) is 12.3. The summed E-state index contributed by atoms with van der Waals surface area (Å²) in [6.45, 7) is 6.71. The van der Waals surface area contributed by atoms with E-state index in [4.69, 9.17) is 9.47 Å². The molecule has 0 saturated heterocycles. The second-order valence-corrected chi connectivity index (χ2v) is 9.86. The summed E-state index contributed by atoms with van der Waals surface area (Å²) in [6, 6.07) is 9.41. The van der Waals surface area contributed by atoms with Crippen LogP contribution in [0.4, 0.5) is 5.69 Å². The normalized spacial score (nSPS) is 24.1. The van der Waals surface area contributed by atoms with Crippen LogP contribution in [0.15, 0.2) is 42.7 Å². The number of carbonyl (C=O) groups is 2. The summed E-state index contributed by atoms with van der Waals surface area (Å²) in [5.41, 5.74) is 2.30. The van der Waals surface area contributed by atoms with Crippen molar-refractivity contribution in [2.24, 2.45) is 11.8 Å². The Morgan fingerprint density at radius 1 is 1.17 bits per heavy atom. The lowest BCUT2D eigenvalue weighted by atomic mass is 10.0. The maximum Gasteiger partial charge on any atom is 0.257 e. The number of hydrogen-bond donors (Lipinski definition) is 1. The number of nitrogens with one attached hydrogen (secondary N) is 1. The third kappa shape index (κ3) is 6.38. The maximum absolute atomic E-state index is 13.3. The van der Waals surface area contributed by atoms with Crippen LogP contribution in [0.5, 0.6) is 5.75 Å². The van der Waals surface area contributed by atoms with Crippen LogP contribution in [-0.4, -0.2) is 72.6 Å². The molecule has 0 unspecified atom stereocenters. The minimum Gasteiger partial charge on any atom is -0.491 e. The molecule has 2 heterocycles. The van der Waals surface area contributed by atoms with E-state index in [1.165, 1.54) is 5.56 Å². The lowest BCUT2D eigenvalue weighted by Crippen LogP contribution is -2.46. The van der Waals surface area contributed by atoms with E-state index in [1.54, 1.807) is 37.3 Å². The highest BCUT2D eigenvalue weighted by Crippen LogP contribution is 2.32. The summed E-state index contributed by atoms with van der Waals surface area (Å²) in [5.74, 6) is 0.665. The van der Waals surface area contributed by atoms with Crippen LogP contribution >= 0.6 is 0 Å². The van der Waals surface area contributed by atoms with Gasteiger partial charge in [-0.2, -0.15) is 0 Å². The SMILES string of the molecule is CO[C@@H]1CN(C)C(=O)c2ccc(NC(=O)C3CC3)cc2OC[C@@H](C)N(Cc2ccncc2)C[C@@H]1C. The van der Waals surface area contributed by atoms with Gasteiger partial charge in [0.1, 0.15) is 12.4 Å². The highest BCUT2D eigenvalue weighted by Gasteiger charge is 2.31. The molecule has 1 N–H and O–H groups in total. The lowest BCUT2D eigenvalue weighted by molar-refractivity contribution is -0.117. The molecule has 8 heteroatoms. The maximum atomic E-state index is 13.3. The Morgan fingerprint density at radius 2 is 1.91 bits per heavy atom. The summed E-state index contributed by atoms with van der Waals surface area (Å²) in [5, 5.41) is 2.96. The van der Waals surface area contributed by atoms with Gasteiger partial charge in [0.2, 0.25) is 5.91 Å². The van der Waals surface area contributed by atoms with Crippen molar-refractivity contribution in [1.82, 2.24) is 14.8 Å². The predicted octanol–water partition coefficient (Wildman–Crippen LogP) is 3.44. The van der Waals surface area contributed by atoms with Gasteiger partial charge < -0.3 is 19.7 Å². The van der Waals surface area contributed by atoms with Crippen molar-refractivity contribution in [2.75, 3.05) is 39.2 Å². The van der Waals surface area contributed by atoms with Gasteiger partial charge in [0.25, 0.3) is 5.91 Å². The molecule has 1 aromatic carbocycles. The molecule has 1 saturated carbocycles. The second kappa shape index (κ2) is 11.2. The molecule has 35 heavy (non-hydrogen) atoms. The summed E-state index contributed by atoms with van der Waals surface area (Å²) in [6.07, 6.45) is 5.36. The molecule has 2 aliphatic rings. The van der Waals surface area contributed by atoms with Gasteiger partial charge in [0.05, 0.1) is 11.7 Å². The van der Waals surface area contributed by atoms with Gasteiger partial charge in [0.15, 0.2) is 0 Å². The Bertz CT molecular complexity index is 1030. The number of rotatable bonds is 5. The summed E-state index contributed by atoms with van der Waals surface area (Å²) < 4.78 is 12.1. The smallest absolute Gasteiger partial charge is 0.257 e. The van der Waals surface area contributed by atoms with Gasteiger partial charge >= 0.3 is 0 Å². The molecule has 1 aromatic heterocycles. The molecule has 1 fully saturated rings. The molecule has 3 atom stereocenters. The molecule has 1 aliphatic heterocycles. The third-order valence-electron chi connectivity index (χ3n) is 6.93. The van der Waals surface area contributed by atoms with E-state index in [1.807, 2.05) is 24.5 Å². The zero-order chi connectivity index (χ0) is 24.9. The summed E-state index contributed by atoms with van der Waals surface area (Å²) in [4.78, 5) is 33.8. The number of carbonyl (C=O) groups excluding carboxylic acids is 2. The summed E-state index contributed by atoms with van der Waals surface area (Å²) >= 11 is 0. The lowest BCUT2D eigenvalue weighted by Gasteiger charge is -2.36. The number of amides is 2. The van der Waals surface area contributed by atoms with Crippen molar-refractivity contribution in [3.8, 4) is 5.75 Å². The first kappa shape index (κ1) is 25.1. The van der Waals surface area contributed by atoms with Gasteiger partial charge in [-0.05, 0) is 55.5 Å². The molecule has 2 amide bonds. The number of anilines is 1. The molecule has 1 aliphatic carbocycles. The largest absolute Gasteiger partial charge is 0.491 e. The second-order valence-electron chi connectivity index (χ2n) is 9.86. The van der Waals surface area contributed by atoms with Crippen LogP contribution in [0.1, 0.15) is 42.6 Å². The van der Waals surface area contributed by atoms with E-state index >= 15 is 0 Å². The molecular weight excluding hydrogens is 444 g/mol. The number of aromatic nitrogens is 1. The van der Waals surface area contributed by atoms with Crippen LogP contribution in [0, 0.1) is 11.8 Å². The average molecular weight is 481 g/mol. The monoisotopic (exact) mass is 480 g/mol. The number of nitrogens with zero attached hydrogens (tertiary/aromatic N) is 3. The van der Waals surface area contributed by atoms with Crippen molar-refractivity contribution in [2.45, 2.75) is 45.4 Å². The first-order chi connectivity index (χ1) is 16.9. The Morgan fingerprint density at radius 3 is 2.60 bits per heavy atom. The van der Waals surface area contributed by atoms with E-state index in [0.29, 0.717) is 30.2 Å². The van der Waals surface area contributed by atoms with Crippen LogP contribution in [0.25, 0.3) is 0 Å².